The van der Waals surface area contributed by atoms with Crippen LogP contribution < -0.4 is 5.32 Å². The minimum Gasteiger partial charge on any atom is -0.348 e. The normalized spacial score (nSPS) is 18.2. The first-order valence-corrected chi connectivity index (χ1v) is 7.18. The Hall–Kier alpha value is -0.720. The van der Waals surface area contributed by atoms with E-state index in [1.807, 2.05) is 0 Å². The first-order valence-electron chi connectivity index (χ1n) is 5.98. The largest absolute Gasteiger partial charge is 0.348 e. The Bertz CT molecular complexity index is 428. The monoisotopic (exact) mass is 288 g/mol. The van der Waals surface area contributed by atoms with Crippen LogP contribution in [-0.4, -0.2) is 47.2 Å². The lowest BCUT2D eigenvalue weighted by molar-refractivity contribution is 0.0899. The molecule has 1 heterocycles. The summed E-state index contributed by atoms with van der Waals surface area (Å²) in [6, 6.07) is 0. The number of nitrogens with zero attached hydrogens (tertiary/aromatic N) is 3. The summed E-state index contributed by atoms with van der Waals surface area (Å²) in [6.45, 7) is 0.649. The van der Waals surface area contributed by atoms with Gasteiger partial charge in [0.2, 0.25) is 9.47 Å². The number of hydrogen-bond acceptors (Lipinski definition) is 5. The summed E-state index contributed by atoms with van der Waals surface area (Å²) in [7, 11) is 4.14. The molecule has 0 atom stereocenters. The first-order chi connectivity index (χ1) is 8.53. The highest BCUT2D eigenvalue weighted by atomic mass is 35.5. The fourth-order valence-electron chi connectivity index (χ4n) is 2.43. The molecule has 0 aliphatic heterocycles. The zero-order valence-corrected chi connectivity index (χ0v) is 12.1. The van der Waals surface area contributed by atoms with Gasteiger partial charge in [-0.05, 0) is 38.5 Å². The molecule has 0 spiro atoms. The van der Waals surface area contributed by atoms with E-state index in [2.05, 4.69) is 34.5 Å². The maximum atomic E-state index is 11.9. The van der Waals surface area contributed by atoms with Crippen molar-refractivity contribution in [3.05, 3.63) is 9.47 Å². The van der Waals surface area contributed by atoms with Gasteiger partial charge in [0.25, 0.3) is 5.91 Å². The van der Waals surface area contributed by atoms with Crippen LogP contribution in [0.15, 0.2) is 0 Å². The second kappa shape index (κ2) is 5.50. The predicted molar refractivity (Wildman–Crippen MR) is 72.1 cm³/mol. The Kier molecular flexibility index (Phi) is 4.19. The molecule has 1 aliphatic carbocycles. The molecule has 1 aromatic heterocycles. The van der Waals surface area contributed by atoms with Crippen molar-refractivity contribution >= 4 is 28.8 Å². The van der Waals surface area contributed by atoms with Crippen LogP contribution in [0.3, 0.4) is 0 Å². The van der Waals surface area contributed by atoms with Crippen molar-refractivity contribution in [1.82, 2.24) is 20.4 Å². The van der Waals surface area contributed by atoms with E-state index in [1.165, 1.54) is 12.8 Å². The van der Waals surface area contributed by atoms with Crippen LogP contribution in [0.2, 0.25) is 4.47 Å². The lowest BCUT2D eigenvalue weighted by Gasteiger charge is -2.36. The number of aromatic nitrogens is 2. The number of amides is 1. The summed E-state index contributed by atoms with van der Waals surface area (Å²) in [5.74, 6) is -0.187. The standard InChI is InChI=1S/C11H17ClN4OS/c1-16(2)11(5-3-4-6-11)7-13-8(17)9-14-15-10(12)18-9/h3-7H2,1-2H3,(H,13,17). The summed E-state index contributed by atoms with van der Waals surface area (Å²) in [4.78, 5) is 14.1. The third-order valence-corrected chi connectivity index (χ3v) is 4.67. The third kappa shape index (κ3) is 2.81. The Balaban J connectivity index is 1.96. The highest BCUT2D eigenvalue weighted by Crippen LogP contribution is 2.33. The molecule has 1 aliphatic rings. The van der Waals surface area contributed by atoms with Crippen molar-refractivity contribution in [1.29, 1.82) is 0 Å². The Labute approximate surface area is 116 Å². The van der Waals surface area contributed by atoms with E-state index in [0.29, 0.717) is 16.0 Å². The number of carbonyl (C=O) groups excluding carboxylic acids is 1. The number of nitrogens with one attached hydrogen (secondary N) is 1. The van der Waals surface area contributed by atoms with Gasteiger partial charge in [-0.2, -0.15) is 0 Å². The first kappa shape index (κ1) is 13.7. The fourth-order valence-corrected chi connectivity index (χ4v) is 3.18. The van der Waals surface area contributed by atoms with Gasteiger partial charge in [-0.1, -0.05) is 24.2 Å². The van der Waals surface area contributed by atoms with E-state index >= 15 is 0 Å². The van der Waals surface area contributed by atoms with E-state index in [4.69, 9.17) is 11.6 Å². The third-order valence-electron chi connectivity index (χ3n) is 3.66. The number of rotatable bonds is 4. The minimum atomic E-state index is -0.187. The molecular weight excluding hydrogens is 272 g/mol. The summed E-state index contributed by atoms with van der Waals surface area (Å²) in [5.41, 5.74) is 0.0874. The lowest BCUT2D eigenvalue weighted by Crippen LogP contribution is -2.50. The Morgan fingerprint density at radius 1 is 1.44 bits per heavy atom. The minimum absolute atomic E-state index is 0.0874. The van der Waals surface area contributed by atoms with Crippen molar-refractivity contribution in [2.75, 3.05) is 20.6 Å². The Morgan fingerprint density at radius 3 is 2.61 bits per heavy atom. The van der Waals surface area contributed by atoms with Crippen molar-refractivity contribution in [3.8, 4) is 0 Å². The highest BCUT2D eigenvalue weighted by molar-refractivity contribution is 7.17. The van der Waals surface area contributed by atoms with Gasteiger partial charge in [0.05, 0.1) is 0 Å². The average Bonchev–Trinajstić information content (AvgIpc) is 2.95. The number of halogens is 1. The predicted octanol–water partition coefficient (Wildman–Crippen LogP) is 1.80. The summed E-state index contributed by atoms with van der Waals surface area (Å²) < 4.78 is 0.295. The molecule has 1 aromatic rings. The second-order valence-corrected chi connectivity index (χ2v) is 6.43. The summed E-state index contributed by atoms with van der Waals surface area (Å²) in [6.07, 6.45) is 4.69. The molecule has 7 heteroatoms. The second-order valence-electron chi connectivity index (χ2n) is 4.87. The van der Waals surface area contributed by atoms with Crippen molar-refractivity contribution < 1.29 is 4.79 Å². The van der Waals surface area contributed by atoms with E-state index in [9.17, 15) is 4.79 Å². The quantitative estimate of drug-likeness (QED) is 0.918. The van der Waals surface area contributed by atoms with E-state index in [0.717, 1.165) is 24.2 Å². The van der Waals surface area contributed by atoms with E-state index in [-0.39, 0.29) is 11.4 Å². The van der Waals surface area contributed by atoms with Gasteiger partial charge in [0.1, 0.15) is 0 Å². The van der Waals surface area contributed by atoms with Gasteiger partial charge < -0.3 is 10.2 Å². The summed E-state index contributed by atoms with van der Waals surface area (Å²) >= 11 is 6.77. The molecule has 1 N–H and O–H groups in total. The van der Waals surface area contributed by atoms with Crippen LogP contribution in [0.4, 0.5) is 0 Å². The van der Waals surface area contributed by atoms with Gasteiger partial charge in [0, 0.05) is 12.1 Å². The molecule has 1 saturated carbocycles. The maximum Gasteiger partial charge on any atom is 0.282 e. The zero-order chi connectivity index (χ0) is 13.2. The molecule has 1 fully saturated rings. The molecule has 0 aromatic carbocycles. The SMILES string of the molecule is CN(C)C1(CNC(=O)c2nnc(Cl)s2)CCCC1. The van der Waals surface area contributed by atoms with Crippen molar-refractivity contribution in [3.63, 3.8) is 0 Å². The van der Waals surface area contributed by atoms with Crippen LogP contribution in [0.1, 0.15) is 35.5 Å². The molecule has 2 rings (SSSR count). The maximum absolute atomic E-state index is 11.9. The fraction of sp³-hybridized carbons (Fsp3) is 0.727. The van der Waals surface area contributed by atoms with Gasteiger partial charge in [-0.25, -0.2) is 0 Å². The van der Waals surface area contributed by atoms with Crippen LogP contribution >= 0.6 is 22.9 Å². The van der Waals surface area contributed by atoms with Crippen LogP contribution in [0, 0.1) is 0 Å². The summed E-state index contributed by atoms with van der Waals surface area (Å²) in [5, 5.41) is 10.6. The molecular formula is C11H17ClN4OS. The topological polar surface area (TPSA) is 58.1 Å². The van der Waals surface area contributed by atoms with Gasteiger partial charge in [-0.3, -0.25) is 4.79 Å². The highest BCUT2D eigenvalue weighted by Gasteiger charge is 2.36. The van der Waals surface area contributed by atoms with E-state index in [1.54, 1.807) is 0 Å². The molecule has 0 unspecified atom stereocenters. The number of carbonyl (C=O) groups is 1. The van der Waals surface area contributed by atoms with Crippen molar-refractivity contribution in [2.24, 2.45) is 0 Å². The molecule has 0 bridgehead atoms. The van der Waals surface area contributed by atoms with Crippen LogP contribution in [-0.2, 0) is 0 Å². The van der Waals surface area contributed by atoms with Gasteiger partial charge in [0.15, 0.2) is 0 Å². The average molecular weight is 289 g/mol. The van der Waals surface area contributed by atoms with Gasteiger partial charge >= 0.3 is 0 Å². The van der Waals surface area contributed by atoms with Crippen molar-refractivity contribution in [2.45, 2.75) is 31.2 Å². The van der Waals surface area contributed by atoms with Crippen LogP contribution in [0.5, 0.6) is 0 Å². The molecule has 0 saturated heterocycles. The van der Waals surface area contributed by atoms with Crippen LogP contribution in [0.25, 0.3) is 0 Å². The van der Waals surface area contributed by atoms with E-state index < -0.39 is 0 Å². The molecule has 1 amide bonds. The number of likely N-dealkylation sites (N-methyl/N-ethyl adjacent to an activating group) is 1. The molecule has 100 valence electrons. The number of hydrogen-bond donors (Lipinski definition) is 1. The molecule has 0 radical (unpaired) electrons. The lowest BCUT2D eigenvalue weighted by atomic mass is 9.96. The zero-order valence-electron chi connectivity index (χ0n) is 10.6. The smallest absolute Gasteiger partial charge is 0.282 e. The van der Waals surface area contributed by atoms with Gasteiger partial charge in [-0.15, -0.1) is 10.2 Å². The molecule has 5 nitrogen and oxygen atoms in total. The molecule has 18 heavy (non-hydrogen) atoms. The Morgan fingerprint density at radius 2 is 2.11 bits per heavy atom.